The lowest BCUT2D eigenvalue weighted by molar-refractivity contribution is -0.147. The monoisotopic (exact) mass is 551 g/mol. The first-order chi connectivity index (χ1) is 17.7. The Bertz CT molecular complexity index is 1180. The number of nitrogens with one attached hydrogen (secondary N) is 2. The molecule has 1 saturated heterocycles. The highest BCUT2D eigenvalue weighted by Crippen LogP contribution is 2.37. The van der Waals surface area contributed by atoms with Gasteiger partial charge in [0.25, 0.3) is 0 Å². The van der Waals surface area contributed by atoms with E-state index >= 15 is 0 Å². The Balaban J connectivity index is 1.50. The summed E-state index contributed by atoms with van der Waals surface area (Å²) in [6, 6.07) is 5.27. The molecule has 0 bridgehead atoms. The smallest absolute Gasteiger partial charge is 0.302 e. The lowest BCUT2D eigenvalue weighted by atomic mass is 9.93. The number of esters is 1. The predicted octanol–water partition coefficient (Wildman–Crippen LogP) is 4.51. The zero-order chi connectivity index (χ0) is 26.6. The Labute approximate surface area is 223 Å². The SMILES string of the molecule is COc1ccc(-c2sc(NC(C)C3CCOCC3)nc2C)cc1S(=O)(=O)N[C@H]1CC[C@H](OC(C)=O)CC1. The molecule has 9 nitrogen and oxygen atoms in total. The van der Waals surface area contributed by atoms with Crippen LogP contribution >= 0.6 is 11.3 Å². The number of aromatic nitrogens is 1. The molecule has 1 atom stereocenters. The van der Waals surface area contributed by atoms with Gasteiger partial charge in [-0.25, -0.2) is 18.1 Å². The minimum atomic E-state index is -3.84. The fraction of sp³-hybridized carbons (Fsp3) is 0.615. The second kappa shape index (κ2) is 12.1. The van der Waals surface area contributed by atoms with Crippen LogP contribution in [-0.2, 0) is 24.3 Å². The van der Waals surface area contributed by atoms with Crippen molar-refractivity contribution in [2.75, 3.05) is 25.6 Å². The van der Waals surface area contributed by atoms with Crippen LogP contribution in [-0.4, -0.2) is 57.9 Å². The Kier molecular flexibility index (Phi) is 9.10. The number of thiazole rings is 1. The molecule has 37 heavy (non-hydrogen) atoms. The summed E-state index contributed by atoms with van der Waals surface area (Å²) < 4.78 is 45.9. The molecule has 204 valence electrons. The lowest BCUT2D eigenvalue weighted by Crippen LogP contribution is -2.39. The van der Waals surface area contributed by atoms with Crippen molar-refractivity contribution in [3.63, 3.8) is 0 Å². The molecule has 1 unspecified atom stereocenters. The molecule has 1 aromatic carbocycles. The maximum absolute atomic E-state index is 13.4. The van der Waals surface area contributed by atoms with Gasteiger partial charge in [-0.05, 0) is 82.1 Å². The van der Waals surface area contributed by atoms with E-state index in [4.69, 9.17) is 19.2 Å². The van der Waals surface area contributed by atoms with Crippen LogP contribution < -0.4 is 14.8 Å². The maximum atomic E-state index is 13.4. The molecule has 4 rings (SSSR count). The molecule has 2 heterocycles. The summed E-state index contributed by atoms with van der Waals surface area (Å²) in [4.78, 5) is 17.0. The molecule has 0 amide bonds. The van der Waals surface area contributed by atoms with E-state index in [-0.39, 0.29) is 29.1 Å². The molecule has 0 radical (unpaired) electrons. The van der Waals surface area contributed by atoms with Gasteiger partial charge in [0.1, 0.15) is 16.7 Å². The molecule has 2 aromatic rings. The van der Waals surface area contributed by atoms with Crippen molar-refractivity contribution < 1.29 is 27.4 Å². The molecule has 1 saturated carbocycles. The first-order valence-electron chi connectivity index (χ1n) is 12.9. The molecule has 2 aliphatic rings. The van der Waals surface area contributed by atoms with Crippen molar-refractivity contribution in [1.29, 1.82) is 0 Å². The van der Waals surface area contributed by atoms with Crippen molar-refractivity contribution >= 4 is 32.5 Å². The Morgan fingerprint density at radius 2 is 1.86 bits per heavy atom. The summed E-state index contributed by atoms with van der Waals surface area (Å²) in [5, 5.41) is 4.37. The Morgan fingerprint density at radius 3 is 2.51 bits per heavy atom. The van der Waals surface area contributed by atoms with Gasteiger partial charge < -0.3 is 19.5 Å². The van der Waals surface area contributed by atoms with Crippen molar-refractivity contribution in [3.05, 3.63) is 23.9 Å². The van der Waals surface area contributed by atoms with E-state index in [2.05, 4.69) is 17.0 Å². The van der Waals surface area contributed by atoms with Crippen LogP contribution in [0.1, 0.15) is 58.1 Å². The molecule has 1 aromatic heterocycles. The quantitative estimate of drug-likeness (QED) is 0.438. The fourth-order valence-corrected chi connectivity index (χ4v) is 7.66. The lowest BCUT2D eigenvalue weighted by Gasteiger charge is -2.28. The number of carbonyl (C=O) groups is 1. The average Bonchev–Trinajstić information content (AvgIpc) is 3.24. The van der Waals surface area contributed by atoms with Gasteiger partial charge in [-0.15, -0.1) is 0 Å². The number of anilines is 1. The first-order valence-corrected chi connectivity index (χ1v) is 15.2. The number of sulfonamides is 1. The number of benzene rings is 1. The molecular formula is C26H37N3O6S2. The normalized spacial score (nSPS) is 21.8. The van der Waals surface area contributed by atoms with Crippen LogP contribution in [0.25, 0.3) is 10.4 Å². The molecule has 1 aliphatic carbocycles. The number of aryl methyl sites for hydroxylation is 1. The van der Waals surface area contributed by atoms with Gasteiger partial charge in [0.05, 0.1) is 17.7 Å². The molecule has 2 N–H and O–H groups in total. The number of nitrogens with zero attached hydrogens (tertiary/aromatic N) is 1. The summed E-state index contributed by atoms with van der Waals surface area (Å²) in [5.74, 6) is 0.521. The van der Waals surface area contributed by atoms with Crippen molar-refractivity contribution in [2.45, 2.75) is 82.4 Å². The van der Waals surface area contributed by atoms with Gasteiger partial charge >= 0.3 is 5.97 Å². The van der Waals surface area contributed by atoms with Crippen LogP contribution in [0.15, 0.2) is 23.1 Å². The van der Waals surface area contributed by atoms with Crippen molar-refractivity contribution in [2.24, 2.45) is 5.92 Å². The molecule has 0 spiro atoms. The minimum absolute atomic E-state index is 0.104. The molecule has 11 heteroatoms. The highest BCUT2D eigenvalue weighted by Gasteiger charge is 2.29. The Hall–Kier alpha value is -2.21. The number of methoxy groups -OCH3 is 1. The summed E-state index contributed by atoms with van der Waals surface area (Å²) in [6.45, 7) is 7.10. The third-order valence-electron chi connectivity index (χ3n) is 7.16. The van der Waals surface area contributed by atoms with E-state index < -0.39 is 10.0 Å². The predicted molar refractivity (Wildman–Crippen MR) is 144 cm³/mol. The van der Waals surface area contributed by atoms with Crippen LogP contribution in [0.3, 0.4) is 0 Å². The average molecular weight is 552 g/mol. The molecular weight excluding hydrogens is 514 g/mol. The third-order valence-corrected chi connectivity index (χ3v) is 9.84. The Morgan fingerprint density at radius 1 is 1.16 bits per heavy atom. The van der Waals surface area contributed by atoms with Gasteiger partial charge in [0, 0.05) is 32.2 Å². The zero-order valence-electron chi connectivity index (χ0n) is 21.9. The highest BCUT2D eigenvalue weighted by atomic mass is 32.2. The van der Waals surface area contributed by atoms with E-state index in [1.807, 2.05) is 13.0 Å². The standard InChI is InChI=1S/C26H37N3O6S2/c1-16(19-11-13-34-14-12-19)27-26-28-17(2)25(36-26)20-5-10-23(33-4)24(15-20)37(31,32)29-21-6-8-22(9-7-21)35-18(3)30/h5,10,15-16,19,21-22,29H,6-9,11-14H2,1-4H3,(H,27,28)/t16?,21-,22-. The van der Waals surface area contributed by atoms with Gasteiger partial charge in [-0.2, -0.15) is 0 Å². The number of hydrogen-bond acceptors (Lipinski definition) is 9. The number of hydrogen-bond donors (Lipinski definition) is 2. The van der Waals surface area contributed by atoms with Gasteiger partial charge in [0.15, 0.2) is 5.13 Å². The molecule has 1 aliphatic heterocycles. The van der Waals surface area contributed by atoms with Gasteiger partial charge in [0.2, 0.25) is 10.0 Å². The fourth-order valence-electron chi connectivity index (χ4n) is 5.10. The number of ether oxygens (including phenoxy) is 3. The highest BCUT2D eigenvalue weighted by molar-refractivity contribution is 7.89. The van der Waals surface area contributed by atoms with Crippen molar-refractivity contribution in [1.82, 2.24) is 9.71 Å². The summed E-state index contributed by atoms with van der Waals surface area (Å²) in [5.41, 5.74) is 1.62. The van der Waals surface area contributed by atoms with Crippen LogP contribution in [0, 0.1) is 12.8 Å². The van der Waals surface area contributed by atoms with Crippen molar-refractivity contribution in [3.8, 4) is 16.2 Å². The van der Waals surface area contributed by atoms with Crippen LogP contribution in [0.2, 0.25) is 0 Å². The van der Waals surface area contributed by atoms with Gasteiger partial charge in [-0.3, -0.25) is 4.79 Å². The van der Waals surface area contributed by atoms with E-state index in [0.717, 1.165) is 47.3 Å². The van der Waals surface area contributed by atoms with E-state index in [9.17, 15) is 13.2 Å². The number of carbonyl (C=O) groups excluding carboxylic acids is 1. The van der Waals surface area contributed by atoms with E-state index in [0.29, 0.717) is 37.4 Å². The summed E-state index contributed by atoms with van der Waals surface area (Å²) in [6.07, 6.45) is 4.38. The first kappa shape index (κ1) is 27.8. The van der Waals surface area contributed by atoms with Crippen LogP contribution in [0.5, 0.6) is 5.75 Å². The summed E-state index contributed by atoms with van der Waals surface area (Å²) in [7, 11) is -2.37. The largest absolute Gasteiger partial charge is 0.495 e. The zero-order valence-corrected chi connectivity index (χ0v) is 23.5. The van der Waals surface area contributed by atoms with Gasteiger partial charge in [-0.1, -0.05) is 11.3 Å². The van der Waals surface area contributed by atoms with Crippen LogP contribution in [0.4, 0.5) is 5.13 Å². The van der Waals surface area contributed by atoms with E-state index in [1.54, 1.807) is 12.1 Å². The topological polar surface area (TPSA) is 116 Å². The van der Waals surface area contributed by atoms with E-state index in [1.165, 1.54) is 25.4 Å². The molecule has 2 fully saturated rings. The second-order valence-electron chi connectivity index (χ2n) is 9.89. The maximum Gasteiger partial charge on any atom is 0.302 e. The minimum Gasteiger partial charge on any atom is -0.495 e. The summed E-state index contributed by atoms with van der Waals surface area (Å²) >= 11 is 1.53. The third kappa shape index (κ3) is 7.01. The second-order valence-corrected chi connectivity index (χ2v) is 12.6. The number of rotatable bonds is 9.